The van der Waals surface area contributed by atoms with Gasteiger partial charge in [0.05, 0.1) is 18.1 Å². The van der Waals surface area contributed by atoms with Crippen molar-refractivity contribution in [2.24, 2.45) is 11.8 Å². The van der Waals surface area contributed by atoms with Crippen molar-refractivity contribution >= 4 is 11.6 Å². The van der Waals surface area contributed by atoms with Crippen LogP contribution in [0.2, 0.25) is 0 Å². The molecule has 3 aliphatic rings. The molecule has 0 bridgehead atoms. The van der Waals surface area contributed by atoms with Gasteiger partial charge >= 0.3 is 0 Å². The van der Waals surface area contributed by atoms with Gasteiger partial charge in [0.15, 0.2) is 12.6 Å². The predicted molar refractivity (Wildman–Crippen MR) is 53.8 cm³/mol. The lowest BCUT2D eigenvalue weighted by Gasteiger charge is -2.36. The maximum absolute atomic E-state index is 10.4. The van der Waals surface area contributed by atoms with Gasteiger partial charge in [-0.3, -0.25) is 0 Å². The van der Waals surface area contributed by atoms with Gasteiger partial charge in [-0.2, -0.15) is 0 Å². The number of methoxy groups -OCH3 is 1. The molecule has 6 heteroatoms. The molecular formula is C10H15ClO5. The second-order valence-corrected chi connectivity index (χ2v) is 5.26. The van der Waals surface area contributed by atoms with Crippen LogP contribution in [0.1, 0.15) is 6.42 Å². The summed E-state index contributed by atoms with van der Waals surface area (Å²) in [4.78, 5) is 0. The molecule has 0 radical (unpaired) electrons. The van der Waals surface area contributed by atoms with Crippen molar-refractivity contribution in [2.75, 3.05) is 13.7 Å². The van der Waals surface area contributed by atoms with Gasteiger partial charge in [-0.25, -0.2) is 0 Å². The predicted octanol–water partition coefficient (Wildman–Crippen LogP) is -0.319. The van der Waals surface area contributed by atoms with E-state index in [9.17, 15) is 10.2 Å². The van der Waals surface area contributed by atoms with E-state index in [0.717, 1.165) is 0 Å². The highest BCUT2D eigenvalue weighted by Crippen LogP contribution is 2.54. The second kappa shape index (κ2) is 3.54. The highest BCUT2D eigenvalue weighted by Gasteiger charge is 2.67. The summed E-state index contributed by atoms with van der Waals surface area (Å²) in [5.41, 5.74) is -1.17. The third-order valence-electron chi connectivity index (χ3n) is 4.04. The standard InChI is InChI=1S/C10H15ClO5/c1-14-5-2-4-6-9(16-5)15-3-10(6,13)8(11)7(4)12/h4-9,12-13H,2-3H2,1H3/t4-,5-,6+,7-,8+,9-,10+/m0/s1. The topological polar surface area (TPSA) is 68.2 Å². The van der Waals surface area contributed by atoms with Crippen LogP contribution in [0.5, 0.6) is 0 Å². The van der Waals surface area contributed by atoms with Crippen LogP contribution in [-0.4, -0.2) is 53.6 Å². The summed E-state index contributed by atoms with van der Waals surface area (Å²) in [6.45, 7) is 0.112. The smallest absolute Gasteiger partial charge is 0.166 e. The number of halogens is 1. The fraction of sp³-hybridized carbons (Fsp3) is 1.00. The van der Waals surface area contributed by atoms with Gasteiger partial charge in [0.25, 0.3) is 0 Å². The average molecular weight is 251 g/mol. The summed E-state index contributed by atoms with van der Waals surface area (Å²) < 4.78 is 16.1. The first-order valence-corrected chi connectivity index (χ1v) is 5.86. The van der Waals surface area contributed by atoms with E-state index in [1.54, 1.807) is 7.11 Å². The first-order valence-electron chi connectivity index (χ1n) is 5.42. The average Bonchev–Trinajstić information content (AvgIpc) is 2.73. The quantitative estimate of drug-likeness (QED) is 0.625. The minimum absolute atomic E-state index is 0.112. The Balaban J connectivity index is 1.93. The van der Waals surface area contributed by atoms with Crippen molar-refractivity contribution in [1.82, 2.24) is 0 Å². The highest BCUT2D eigenvalue weighted by molar-refractivity contribution is 6.22. The van der Waals surface area contributed by atoms with Gasteiger partial charge in [-0.05, 0) is 0 Å². The van der Waals surface area contributed by atoms with Gasteiger partial charge in [0.2, 0.25) is 0 Å². The van der Waals surface area contributed by atoms with Crippen molar-refractivity contribution in [3.63, 3.8) is 0 Å². The molecule has 0 amide bonds. The Morgan fingerprint density at radius 1 is 1.50 bits per heavy atom. The van der Waals surface area contributed by atoms with Gasteiger partial charge in [0, 0.05) is 25.4 Å². The van der Waals surface area contributed by atoms with Crippen LogP contribution in [0.25, 0.3) is 0 Å². The number of aliphatic hydroxyl groups excluding tert-OH is 1. The minimum Gasteiger partial charge on any atom is -0.391 e. The Hall–Kier alpha value is 0.0900. The van der Waals surface area contributed by atoms with Gasteiger partial charge in [-0.15, -0.1) is 11.6 Å². The van der Waals surface area contributed by atoms with E-state index >= 15 is 0 Å². The molecule has 1 aliphatic carbocycles. The maximum atomic E-state index is 10.4. The Kier molecular flexibility index (Phi) is 2.48. The number of aliphatic hydroxyl groups is 2. The monoisotopic (exact) mass is 250 g/mol. The van der Waals surface area contributed by atoms with Crippen molar-refractivity contribution in [3.05, 3.63) is 0 Å². The summed E-state index contributed by atoms with van der Waals surface area (Å²) >= 11 is 6.09. The van der Waals surface area contributed by atoms with E-state index < -0.39 is 29.7 Å². The zero-order chi connectivity index (χ0) is 11.5. The summed E-state index contributed by atoms with van der Waals surface area (Å²) in [7, 11) is 1.55. The summed E-state index contributed by atoms with van der Waals surface area (Å²) in [5.74, 6) is -0.380. The molecule has 2 N–H and O–H groups in total. The van der Waals surface area contributed by atoms with Crippen molar-refractivity contribution in [1.29, 1.82) is 0 Å². The van der Waals surface area contributed by atoms with Crippen LogP contribution < -0.4 is 0 Å². The number of alkyl halides is 1. The van der Waals surface area contributed by atoms with Gasteiger partial charge < -0.3 is 24.4 Å². The third-order valence-corrected chi connectivity index (χ3v) is 4.68. The van der Waals surface area contributed by atoms with Gasteiger partial charge in [0.1, 0.15) is 5.60 Å². The van der Waals surface area contributed by atoms with E-state index in [4.69, 9.17) is 25.8 Å². The summed E-state index contributed by atoms with van der Waals surface area (Å²) in [6, 6.07) is 0. The molecule has 2 saturated heterocycles. The lowest BCUT2D eigenvalue weighted by molar-refractivity contribution is -0.274. The van der Waals surface area contributed by atoms with E-state index in [2.05, 4.69) is 0 Å². The second-order valence-electron chi connectivity index (χ2n) is 4.79. The maximum Gasteiger partial charge on any atom is 0.166 e. The van der Waals surface area contributed by atoms with E-state index in [1.165, 1.54) is 0 Å². The van der Waals surface area contributed by atoms with Gasteiger partial charge in [-0.1, -0.05) is 0 Å². The van der Waals surface area contributed by atoms with Crippen LogP contribution >= 0.6 is 11.6 Å². The molecule has 3 rings (SSSR count). The first kappa shape index (κ1) is 11.2. The molecule has 0 unspecified atom stereocenters. The van der Waals surface area contributed by atoms with E-state index in [0.29, 0.717) is 6.42 Å². The Morgan fingerprint density at radius 2 is 2.25 bits per heavy atom. The van der Waals surface area contributed by atoms with Crippen molar-refractivity contribution < 1.29 is 24.4 Å². The Bertz CT molecular complexity index is 301. The van der Waals surface area contributed by atoms with Crippen LogP contribution in [0.3, 0.4) is 0 Å². The Labute approximate surface area is 98.2 Å². The van der Waals surface area contributed by atoms with E-state index in [-0.39, 0.29) is 18.4 Å². The normalized spacial score (nSPS) is 60.0. The molecule has 0 spiro atoms. The molecule has 2 aliphatic heterocycles. The molecule has 2 heterocycles. The number of hydrogen-bond acceptors (Lipinski definition) is 5. The molecule has 7 atom stereocenters. The lowest BCUT2D eigenvalue weighted by Crippen LogP contribution is -2.46. The highest BCUT2D eigenvalue weighted by atomic mass is 35.5. The molecule has 0 aromatic carbocycles. The van der Waals surface area contributed by atoms with Crippen molar-refractivity contribution in [2.45, 2.75) is 36.1 Å². The summed E-state index contributed by atoms with van der Waals surface area (Å²) in [6.07, 6.45) is -1.12. The van der Waals surface area contributed by atoms with Crippen LogP contribution in [-0.2, 0) is 14.2 Å². The molecule has 92 valence electrons. The lowest BCUT2D eigenvalue weighted by atomic mass is 9.84. The zero-order valence-electron chi connectivity index (χ0n) is 8.88. The fourth-order valence-corrected chi connectivity index (χ4v) is 3.60. The van der Waals surface area contributed by atoms with Crippen LogP contribution in [0.15, 0.2) is 0 Å². The third kappa shape index (κ3) is 1.24. The van der Waals surface area contributed by atoms with Crippen LogP contribution in [0.4, 0.5) is 0 Å². The van der Waals surface area contributed by atoms with E-state index in [1.807, 2.05) is 0 Å². The number of ether oxygens (including phenoxy) is 3. The molecule has 16 heavy (non-hydrogen) atoms. The number of rotatable bonds is 1. The number of hydrogen-bond donors (Lipinski definition) is 2. The van der Waals surface area contributed by atoms with Crippen LogP contribution in [0, 0.1) is 11.8 Å². The van der Waals surface area contributed by atoms with Crippen molar-refractivity contribution in [3.8, 4) is 0 Å². The fourth-order valence-electron chi connectivity index (χ4n) is 3.20. The molecule has 5 nitrogen and oxygen atoms in total. The summed E-state index contributed by atoms with van der Waals surface area (Å²) in [5, 5.41) is 19.7. The molecular weight excluding hydrogens is 236 g/mol. The first-order chi connectivity index (χ1) is 7.58. The molecule has 3 fully saturated rings. The largest absolute Gasteiger partial charge is 0.391 e. The zero-order valence-corrected chi connectivity index (χ0v) is 9.63. The molecule has 0 aromatic heterocycles. The SMILES string of the molecule is CO[C@@H]1C[C@@H]2[C@H](O)[C@@H](Cl)[C@@]3(O)CO[C@@H](O1)[C@@H]23. The molecule has 1 saturated carbocycles. The minimum atomic E-state index is -1.17. The Morgan fingerprint density at radius 3 is 2.94 bits per heavy atom. The molecule has 0 aromatic rings.